The number of nitrogens with zero attached hydrogens (tertiary/aromatic N) is 2. The van der Waals surface area contributed by atoms with Crippen LogP contribution in [0.4, 0.5) is 10.5 Å². The zero-order valence-corrected chi connectivity index (χ0v) is 27.1. The number of hydrogen-bond acceptors (Lipinski definition) is 10. The Morgan fingerprint density at radius 2 is 1.69 bits per heavy atom. The zero-order valence-electron chi connectivity index (χ0n) is 27.1. The molecule has 2 aliphatic rings. The molecule has 0 bridgehead atoms. The highest BCUT2D eigenvalue weighted by molar-refractivity contribution is 5.98. The molecule has 2 saturated heterocycles. The van der Waals surface area contributed by atoms with Crippen LogP contribution in [0.3, 0.4) is 0 Å². The molecule has 0 spiro atoms. The number of amides is 5. The van der Waals surface area contributed by atoms with Gasteiger partial charge in [0, 0.05) is 32.0 Å². The van der Waals surface area contributed by atoms with E-state index in [-0.39, 0.29) is 45.3 Å². The quantitative estimate of drug-likeness (QED) is 0.198. The Kier molecular flexibility index (Phi) is 12.8. The standard InChI is InChI=1S/C34H39N5O10/c1-3-20-47-31(43)18-16-26(29(41)21-48-22(2)40)36-32(44)28-10-7-19-38-30(42)17-15-27(33(45)39(28)38)37-34(46)35-23-11-13-25(14-12-23)49-24-8-5-4-6-9-24/h3-6,8-9,11-14,26-28H,1,7,10,15-21H2,2H3,(H,36,44)(H2,35,37,46)/t26-,27-,28-/m0/s1. The molecule has 0 radical (unpaired) electrons. The van der Waals surface area contributed by atoms with E-state index >= 15 is 0 Å². The fraction of sp³-hybridized carbons (Fsp3) is 0.382. The van der Waals surface area contributed by atoms with Gasteiger partial charge >= 0.3 is 18.0 Å². The molecule has 5 amide bonds. The highest BCUT2D eigenvalue weighted by atomic mass is 16.5. The second-order valence-corrected chi connectivity index (χ2v) is 11.3. The maximum atomic E-state index is 13.9. The van der Waals surface area contributed by atoms with E-state index in [0.717, 1.165) is 11.9 Å². The normalized spacial score (nSPS) is 17.8. The smallest absolute Gasteiger partial charge is 0.319 e. The predicted molar refractivity (Wildman–Crippen MR) is 174 cm³/mol. The molecule has 2 aliphatic heterocycles. The SMILES string of the molecule is C=CCOC(=O)CC[C@H](NC(=O)[C@@H]1CCCN2C(=O)CC[C@H](NC(=O)Nc3ccc(Oc4ccccc4)cc3)C(=O)N12)C(=O)COC(C)=O. The van der Waals surface area contributed by atoms with Gasteiger partial charge in [0.25, 0.3) is 5.91 Å². The van der Waals surface area contributed by atoms with Gasteiger partial charge in [0.15, 0.2) is 12.4 Å². The first-order valence-electron chi connectivity index (χ1n) is 15.8. The number of benzene rings is 2. The Hall–Kier alpha value is -5.73. The molecule has 2 aromatic rings. The van der Waals surface area contributed by atoms with Crippen LogP contribution in [0, 0.1) is 0 Å². The van der Waals surface area contributed by atoms with E-state index in [1.807, 2.05) is 18.2 Å². The van der Waals surface area contributed by atoms with Gasteiger partial charge in [0.1, 0.15) is 30.2 Å². The number of urea groups is 1. The number of ether oxygens (including phenoxy) is 3. The number of carbonyl (C=O) groups excluding carboxylic acids is 7. The molecule has 260 valence electrons. The van der Waals surface area contributed by atoms with Crippen LogP contribution in [0.5, 0.6) is 11.5 Å². The van der Waals surface area contributed by atoms with Crippen molar-refractivity contribution >= 4 is 47.2 Å². The summed E-state index contributed by atoms with van der Waals surface area (Å²) in [5.41, 5.74) is 0.421. The minimum Gasteiger partial charge on any atom is -0.461 e. The van der Waals surface area contributed by atoms with E-state index in [1.54, 1.807) is 36.4 Å². The van der Waals surface area contributed by atoms with Gasteiger partial charge in [-0.1, -0.05) is 30.9 Å². The maximum Gasteiger partial charge on any atom is 0.319 e. The summed E-state index contributed by atoms with van der Waals surface area (Å²) in [6.45, 7) is 4.07. The monoisotopic (exact) mass is 677 g/mol. The Morgan fingerprint density at radius 3 is 2.39 bits per heavy atom. The van der Waals surface area contributed by atoms with Gasteiger partial charge < -0.3 is 30.2 Å². The van der Waals surface area contributed by atoms with E-state index in [4.69, 9.17) is 14.2 Å². The largest absolute Gasteiger partial charge is 0.461 e. The van der Waals surface area contributed by atoms with Gasteiger partial charge in [-0.05, 0) is 62.1 Å². The molecule has 2 heterocycles. The van der Waals surface area contributed by atoms with Crippen LogP contribution in [0.15, 0.2) is 67.3 Å². The van der Waals surface area contributed by atoms with E-state index in [9.17, 15) is 33.6 Å². The summed E-state index contributed by atoms with van der Waals surface area (Å²) in [5.74, 6) is -2.67. The molecular weight excluding hydrogens is 638 g/mol. The van der Waals surface area contributed by atoms with Crippen molar-refractivity contribution < 1.29 is 47.8 Å². The average molecular weight is 678 g/mol. The molecule has 4 rings (SSSR count). The first-order chi connectivity index (χ1) is 23.5. The van der Waals surface area contributed by atoms with Crippen LogP contribution in [-0.2, 0) is 38.2 Å². The summed E-state index contributed by atoms with van der Waals surface area (Å²) in [6, 6.07) is 11.4. The van der Waals surface area contributed by atoms with E-state index in [1.165, 1.54) is 11.1 Å². The van der Waals surface area contributed by atoms with Crippen molar-refractivity contribution in [1.29, 1.82) is 0 Å². The van der Waals surface area contributed by atoms with Gasteiger partial charge in [-0.3, -0.25) is 33.8 Å². The number of nitrogens with one attached hydrogen (secondary N) is 3. The molecule has 2 aromatic carbocycles. The minimum atomic E-state index is -1.26. The van der Waals surface area contributed by atoms with E-state index in [2.05, 4.69) is 22.5 Å². The molecule has 0 aliphatic carbocycles. The number of para-hydroxylation sites is 1. The minimum absolute atomic E-state index is 0.00735. The number of ketones is 1. The number of hydrazine groups is 1. The number of carbonyl (C=O) groups is 7. The van der Waals surface area contributed by atoms with Gasteiger partial charge in [-0.15, -0.1) is 0 Å². The van der Waals surface area contributed by atoms with Gasteiger partial charge in [-0.2, -0.15) is 0 Å². The van der Waals surface area contributed by atoms with Gasteiger partial charge in [0.2, 0.25) is 11.8 Å². The van der Waals surface area contributed by atoms with Crippen molar-refractivity contribution in [3.63, 3.8) is 0 Å². The third-order valence-corrected chi connectivity index (χ3v) is 7.68. The van der Waals surface area contributed by atoms with E-state index in [0.29, 0.717) is 23.6 Å². The van der Waals surface area contributed by atoms with Crippen molar-refractivity contribution in [3.05, 3.63) is 67.3 Å². The lowest BCUT2D eigenvalue weighted by atomic mass is 10.0. The number of hydrogen-bond donors (Lipinski definition) is 3. The first-order valence-corrected chi connectivity index (χ1v) is 15.8. The molecule has 0 saturated carbocycles. The highest BCUT2D eigenvalue weighted by Gasteiger charge is 2.45. The fourth-order valence-electron chi connectivity index (χ4n) is 5.30. The van der Waals surface area contributed by atoms with Crippen LogP contribution in [0.1, 0.15) is 45.4 Å². The Bertz CT molecular complexity index is 1550. The first kappa shape index (κ1) is 36.1. The summed E-state index contributed by atoms with van der Waals surface area (Å²) in [6.07, 6.45) is 1.43. The third-order valence-electron chi connectivity index (χ3n) is 7.68. The van der Waals surface area contributed by atoms with Crippen molar-refractivity contribution in [2.24, 2.45) is 0 Å². The summed E-state index contributed by atoms with van der Waals surface area (Å²) in [5, 5.41) is 10.1. The maximum absolute atomic E-state index is 13.9. The number of Topliss-reactive ketones (excluding diaryl/α,β-unsaturated/α-hetero) is 1. The molecule has 49 heavy (non-hydrogen) atoms. The Morgan fingerprint density at radius 1 is 0.980 bits per heavy atom. The molecule has 3 N–H and O–H groups in total. The number of rotatable bonds is 14. The van der Waals surface area contributed by atoms with Crippen LogP contribution in [0.2, 0.25) is 0 Å². The zero-order chi connectivity index (χ0) is 35.3. The third kappa shape index (κ3) is 10.4. The van der Waals surface area contributed by atoms with Crippen LogP contribution in [0.25, 0.3) is 0 Å². The summed E-state index contributed by atoms with van der Waals surface area (Å²) in [7, 11) is 0. The fourth-order valence-corrected chi connectivity index (χ4v) is 5.30. The summed E-state index contributed by atoms with van der Waals surface area (Å²) in [4.78, 5) is 89.9. The highest BCUT2D eigenvalue weighted by Crippen LogP contribution is 2.26. The topological polar surface area (TPSA) is 190 Å². The summed E-state index contributed by atoms with van der Waals surface area (Å²) < 4.78 is 15.5. The lowest BCUT2D eigenvalue weighted by Gasteiger charge is -2.43. The predicted octanol–water partition coefficient (Wildman–Crippen LogP) is 2.62. The number of esters is 2. The molecule has 0 aromatic heterocycles. The number of anilines is 1. The van der Waals surface area contributed by atoms with Crippen molar-refractivity contribution in [2.45, 2.75) is 63.6 Å². The lowest BCUT2D eigenvalue weighted by molar-refractivity contribution is -0.176. The Balaban J connectivity index is 1.43. The molecule has 2 fully saturated rings. The lowest BCUT2D eigenvalue weighted by Crippen LogP contribution is -2.64. The second kappa shape index (κ2) is 17.4. The molecule has 15 nitrogen and oxygen atoms in total. The van der Waals surface area contributed by atoms with Crippen molar-refractivity contribution in [3.8, 4) is 11.5 Å². The van der Waals surface area contributed by atoms with Gasteiger partial charge in [0.05, 0.1) is 6.04 Å². The second-order valence-electron chi connectivity index (χ2n) is 11.3. The summed E-state index contributed by atoms with van der Waals surface area (Å²) >= 11 is 0. The molecule has 15 heteroatoms. The van der Waals surface area contributed by atoms with Crippen molar-refractivity contribution in [1.82, 2.24) is 20.7 Å². The van der Waals surface area contributed by atoms with E-state index < -0.39 is 66.2 Å². The van der Waals surface area contributed by atoms with Crippen LogP contribution in [-0.4, -0.2) is 89.4 Å². The average Bonchev–Trinajstić information content (AvgIpc) is 3.21. The van der Waals surface area contributed by atoms with Crippen LogP contribution < -0.4 is 20.7 Å². The molecule has 0 unspecified atom stereocenters. The van der Waals surface area contributed by atoms with Crippen molar-refractivity contribution in [2.75, 3.05) is 25.1 Å². The number of fused-ring (bicyclic) bond motifs is 1. The van der Waals surface area contributed by atoms with Crippen LogP contribution >= 0.6 is 0 Å². The molecule has 3 atom stereocenters. The Labute approximate surface area is 282 Å². The van der Waals surface area contributed by atoms with Gasteiger partial charge in [-0.25, -0.2) is 9.80 Å². The molecular formula is C34H39N5O10.